The quantitative estimate of drug-likeness (QED) is 0.551. The third-order valence-electron chi connectivity index (χ3n) is 5.29. The van der Waals surface area contributed by atoms with Crippen molar-refractivity contribution in [1.29, 1.82) is 0 Å². The van der Waals surface area contributed by atoms with Gasteiger partial charge in [-0.1, -0.05) is 79.2 Å². The second kappa shape index (κ2) is 8.09. The summed E-state index contributed by atoms with van der Waals surface area (Å²) >= 11 is 0. The standard InChI is InChI=1S/C22H23NO3/c24-21-13-7-8-15-22(21,16-14-18-9-3-1-4-10-18)20(17-23(25)26)19-11-5-2-6-12-19/h1-6,9-12,14,16,20H,7-8,13,15,17H2/b16-14+/t20-,22+/m1/s1. The number of benzene rings is 2. The Hall–Kier alpha value is -2.75. The van der Waals surface area contributed by atoms with Crippen molar-refractivity contribution < 1.29 is 9.72 Å². The van der Waals surface area contributed by atoms with E-state index in [0.717, 1.165) is 24.0 Å². The van der Waals surface area contributed by atoms with Gasteiger partial charge in [-0.05, 0) is 24.0 Å². The second-order valence-electron chi connectivity index (χ2n) is 6.89. The van der Waals surface area contributed by atoms with E-state index in [4.69, 9.17) is 0 Å². The van der Waals surface area contributed by atoms with Crippen molar-refractivity contribution in [3.63, 3.8) is 0 Å². The summed E-state index contributed by atoms with van der Waals surface area (Å²) in [6.07, 6.45) is 6.79. The highest BCUT2D eigenvalue weighted by Crippen LogP contribution is 2.47. The lowest BCUT2D eigenvalue weighted by Crippen LogP contribution is -2.41. The van der Waals surface area contributed by atoms with E-state index in [-0.39, 0.29) is 17.3 Å². The zero-order valence-corrected chi connectivity index (χ0v) is 14.7. The van der Waals surface area contributed by atoms with Gasteiger partial charge in [0.25, 0.3) is 0 Å². The highest BCUT2D eigenvalue weighted by molar-refractivity contribution is 5.89. The van der Waals surface area contributed by atoms with Gasteiger partial charge in [-0.25, -0.2) is 0 Å². The molecule has 26 heavy (non-hydrogen) atoms. The molecule has 0 N–H and O–H groups in total. The molecule has 0 heterocycles. The molecule has 0 aromatic heterocycles. The lowest BCUT2D eigenvalue weighted by Gasteiger charge is -2.38. The number of nitrogens with zero attached hydrogens (tertiary/aromatic N) is 1. The maximum absolute atomic E-state index is 13.1. The van der Waals surface area contributed by atoms with Crippen LogP contribution in [-0.4, -0.2) is 17.3 Å². The third-order valence-corrected chi connectivity index (χ3v) is 5.29. The fourth-order valence-electron chi connectivity index (χ4n) is 3.95. The molecule has 0 unspecified atom stereocenters. The first-order valence-electron chi connectivity index (χ1n) is 9.06. The van der Waals surface area contributed by atoms with Crippen LogP contribution in [0.2, 0.25) is 0 Å². The molecule has 134 valence electrons. The first-order valence-corrected chi connectivity index (χ1v) is 9.06. The SMILES string of the molecule is O=C1CCCC[C@]1(/C=C/c1ccccc1)[C@H](C[N+](=O)[O-])c1ccccc1. The fraction of sp³-hybridized carbons (Fsp3) is 0.318. The highest BCUT2D eigenvalue weighted by atomic mass is 16.6. The number of nitro groups is 1. The van der Waals surface area contributed by atoms with Gasteiger partial charge >= 0.3 is 0 Å². The van der Waals surface area contributed by atoms with Crippen LogP contribution in [0.15, 0.2) is 66.7 Å². The molecule has 0 amide bonds. The van der Waals surface area contributed by atoms with Crippen molar-refractivity contribution in [3.05, 3.63) is 88.0 Å². The van der Waals surface area contributed by atoms with Crippen molar-refractivity contribution in [2.24, 2.45) is 5.41 Å². The van der Waals surface area contributed by atoms with Gasteiger partial charge in [0, 0.05) is 11.3 Å². The van der Waals surface area contributed by atoms with Gasteiger partial charge in [0.15, 0.2) is 0 Å². The van der Waals surface area contributed by atoms with Gasteiger partial charge in [-0.3, -0.25) is 14.9 Å². The van der Waals surface area contributed by atoms with Crippen LogP contribution >= 0.6 is 0 Å². The smallest absolute Gasteiger partial charge is 0.211 e. The van der Waals surface area contributed by atoms with Crippen molar-refractivity contribution in [2.45, 2.75) is 31.6 Å². The number of Topliss-reactive ketones (excluding diaryl/α,β-unsaturated/α-hetero) is 1. The van der Waals surface area contributed by atoms with Crippen molar-refractivity contribution in [3.8, 4) is 0 Å². The average molecular weight is 349 g/mol. The summed E-state index contributed by atoms with van der Waals surface area (Å²) < 4.78 is 0. The minimum atomic E-state index is -0.817. The Labute approximate surface area is 153 Å². The molecule has 0 bridgehead atoms. The van der Waals surface area contributed by atoms with Crippen LogP contribution in [0, 0.1) is 15.5 Å². The van der Waals surface area contributed by atoms with E-state index in [1.807, 2.05) is 72.8 Å². The molecule has 1 fully saturated rings. The Morgan fingerprint density at radius 1 is 1.04 bits per heavy atom. The van der Waals surface area contributed by atoms with Gasteiger partial charge in [0.1, 0.15) is 5.78 Å². The number of carbonyl (C=O) groups is 1. The van der Waals surface area contributed by atoms with Crippen LogP contribution in [0.3, 0.4) is 0 Å². The summed E-state index contributed by atoms with van der Waals surface area (Å²) in [5.74, 6) is -0.335. The van der Waals surface area contributed by atoms with Crippen LogP contribution in [0.5, 0.6) is 0 Å². The summed E-state index contributed by atoms with van der Waals surface area (Å²) in [4.78, 5) is 24.2. The van der Waals surface area contributed by atoms with E-state index < -0.39 is 11.3 Å². The van der Waals surface area contributed by atoms with Crippen LogP contribution < -0.4 is 0 Å². The molecule has 4 nitrogen and oxygen atoms in total. The van der Waals surface area contributed by atoms with Gasteiger partial charge in [-0.15, -0.1) is 0 Å². The number of hydrogen-bond donors (Lipinski definition) is 0. The lowest BCUT2D eigenvalue weighted by molar-refractivity contribution is -0.485. The monoisotopic (exact) mass is 349 g/mol. The molecule has 0 aliphatic heterocycles. The maximum atomic E-state index is 13.1. The van der Waals surface area contributed by atoms with Gasteiger partial charge in [-0.2, -0.15) is 0 Å². The Morgan fingerprint density at radius 2 is 1.69 bits per heavy atom. The number of allylic oxidation sites excluding steroid dienone is 1. The predicted octanol–water partition coefficient (Wildman–Crippen LogP) is 4.89. The summed E-state index contributed by atoms with van der Waals surface area (Å²) in [6, 6.07) is 19.2. The molecule has 0 spiro atoms. The molecular formula is C22H23NO3. The molecule has 2 aromatic carbocycles. The van der Waals surface area contributed by atoms with E-state index in [9.17, 15) is 14.9 Å². The topological polar surface area (TPSA) is 60.2 Å². The van der Waals surface area contributed by atoms with Gasteiger partial charge in [0.2, 0.25) is 6.54 Å². The average Bonchev–Trinajstić information content (AvgIpc) is 2.67. The normalized spacial score (nSPS) is 21.6. The molecule has 4 heteroatoms. The van der Waals surface area contributed by atoms with E-state index in [0.29, 0.717) is 12.8 Å². The zero-order chi connectivity index (χ0) is 18.4. The van der Waals surface area contributed by atoms with Crippen molar-refractivity contribution in [1.82, 2.24) is 0 Å². The van der Waals surface area contributed by atoms with Crippen LogP contribution in [0.4, 0.5) is 0 Å². The van der Waals surface area contributed by atoms with E-state index in [1.165, 1.54) is 0 Å². The fourth-order valence-corrected chi connectivity index (χ4v) is 3.95. The number of ketones is 1. The number of carbonyl (C=O) groups excluding carboxylic acids is 1. The molecule has 2 atom stereocenters. The summed E-state index contributed by atoms with van der Waals surface area (Å²) in [5, 5.41) is 11.4. The van der Waals surface area contributed by atoms with E-state index in [2.05, 4.69) is 0 Å². The molecule has 0 saturated heterocycles. The van der Waals surface area contributed by atoms with Crippen LogP contribution in [-0.2, 0) is 4.79 Å². The van der Waals surface area contributed by atoms with Gasteiger partial charge in [0.05, 0.1) is 11.3 Å². The molecule has 2 aromatic rings. The van der Waals surface area contributed by atoms with Crippen LogP contribution in [0.1, 0.15) is 42.7 Å². The predicted molar refractivity (Wildman–Crippen MR) is 102 cm³/mol. The minimum absolute atomic E-state index is 0.117. The maximum Gasteiger partial charge on any atom is 0.211 e. The molecule has 3 rings (SSSR count). The Morgan fingerprint density at radius 3 is 2.31 bits per heavy atom. The zero-order valence-electron chi connectivity index (χ0n) is 14.7. The molecule has 1 aliphatic carbocycles. The van der Waals surface area contributed by atoms with Crippen molar-refractivity contribution >= 4 is 11.9 Å². The molecular weight excluding hydrogens is 326 g/mol. The molecule has 0 radical (unpaired) electrons. The second-order valence-corrected chi connectivity index (χ2v) is 6.89. The summed E-state index contributed by atoms with van der Waals surface area (Å²) in [7, 11) is 0. The van der Waals surface area contributed by atoms with Crippen molar-refractivity contribution in [2.75, 3.05) is 6.54 Å². The van der Waals surface area contributed by atoms with E-state index >= 15 is 0 Å². The first-order chi connectivity index (χ1) is 12.6. The summed E-state index contributed by atoms with van der Waals surface area (Å²) in [5.41, 5.74) is 1.04. The van der Waals surface area contributed by atoms with E-state index in [1.54, 1.807) is 0 Å². The van der Waals surface area contributed by atoms with Gasteiger partial charge < -0.3 is 0 Å². The lowest BCUT2D eigenvalue weighted by atomic mass is 9.62. The molecule has 1 saturated carbocycles. The Kier molecular flexibility index (Phi) is 5.61. The number of hydrogen-bond acceptors (Lipinski definition) is 3. The third kappa shape index (κ3) is 3.90. The Bertz CT molecular complexity index is 786. The molecule has 1 aliphatic rings. The summed E-state index contributed by atoms with van der Waals surface area (Å²) in [6.45, 7) is -0.241. The first kappa shape index (κ1) is 18.1. The van der Waals surface area contributed by atoms with Crippen LogP contribution in [0.25, 0.3) is 6.08 Å². The number of rotatable bonds is 6. The highest BCUT2D eigenvalue weighted by Gasteiger charge is 2.47. The Balaban J connectivity index is 2.06. The minimum Gasteiger partial charge on any atom is -0.299 e. The largest absolute Gasteiger partial charge is 0.299 e.